The number of carbonyl (C=O) groups excluding carboxylic acids is 1. The first-order valence-electron chi connectivity index (χ1n) is 11.9. The number of nitrogens with zero attached hydrogens (tertiary/aromatic N) is 2. The van der Waals surface area contributed by atoms with Gasteiger partial charge in [-0.05, 0) is 67.6 Å². The molecule has 0 unspecified atom stereocenters. The van der Waals surface area contributed by atoms with E-state index in [0.29, 0.717) is 44.9 Å². The van der Waals surface area contributed by atoms with Crippen LogP contribution in [0.5, 0.6) is 11.5 Å². The molecule has 0 aromatic heterocycles. The van der Waals surface area contributed by atoms with Crippen LogP contribution in [0.2, 0.25) is 0 Å². The molecule has 2 atom stereocenters. The van der Waals surface area contributed by atoms with E-state index in [2.05, 4.69) is 0 Å². The summed E-state index contributed by atoms with van der Waals surface area (Å²) in [6.45, 7) is 2.38. The fourth-order valence-electron chi connectivity index (χ4n) is 5.12. The zero-order valence-electron chi connectivity index (χ0n) is 19.0. The van der Waals surface area contributed by atoms with E-state index in [4.69, 9.17) is 9.47 Å². The number of piperidine rings is 1. The third kappa shape index (κ3) is 4.51. The number of halogens is 1. The highest BCUT2D eigenvalue weighted by Gasteiger charge is 2.39. The number of ether oxygens (including phenoxy) is 2. The molecule has 0 radical (unpaired) electrons. The van der Waals surface area contributed by atoms with Crippen LogP contribution in [-0.2, 0) is 14.8 Å². The molecule has 0 aliphatic carbocycles. The van der Waals surface area contributed by atoms with Crippen molar-refractivity contribution < 1.29 is 27.1 Å². The van der Waals surface area contributed by atoms with Crippen molar-refractivity contribution in [2.24, 2.45) is 5.92 Å². The first kappa shape index (κ1) is 23.1. The highest BCUT2D eigenvalue weighted by molar-refractivity contribution is 7.89. The van der Waals surface area contributed by atoms with Crippen molar-refractivity contribution in [1.82, 2.24) is 9.21 Å². The van der Waals surface area contributed by atoms with Gasteiger partial charge in [-0.1, -0.05) is 6.07 Å². The summed E-state index contributed by atoms with van der Waals surface area (Å²) in [4.78, 5) is 15.5. The number of amides is 1. The Morgan fingerprint density at radius 1 is 0.912 bits per heavy atom. The number of hydrogen-bond acceptors (Lipinski definition) is 5. The molecule has 1 amide bonds. The fraction of sp³-hybridized carbons (Fsp3) is 0.480. The Morgan fingerprint density at radius 2 is 1.65 bits per heavy atom. The largest absolute Gasteiger partial charge is 0.490 e. The SMILES string of the molecule is O=C([C@@H]1CCCN(S(=O)(=O)c2ccc(F)cc2)C1)N1CCC[C@@H]1c1ccc2c(c1)OCCCO2. The summed E-state index contributed by atoms with van der Waals surface area (Å²) in [5, 5.41) is 0. The lowest BCUT2D eigenvalue weighted by Gasteiger charge is -2.35. The molecule has 9 heteroatoms. The number of carbonyl (C=O) groups is 1. The third-order valence-corrected chi connectivity index (χ3v) is 8.76. The summed E-state index contributed by atoms with van der Waals surface area (Å²) < 4.78 is 52.4. The lowest BCUT2D eigenvalue weighted by molar-refractivity contribution is -0.137. The van der Waals surface area contributed by atoms with Gasteiger partial charge in [-0.25, -0.2) is 12.8 Å². The molecular formula is C25H29FN2O5S. The summed E-state index contributed by atoms with van der Waals surface area (Å²) in [5.74, 6) is 0.550. The van der Waals surface area contributed by atoms with Gasteiger partial charge in [0.15, 0.2) is 11.5 Å². The molecule has 3 aliphatic rings. The molecule has 2 aromatic rings. The average Bonchev–Trinajstić information content (AvgIpc) is 3.22. The number of benzene rings is 2. The summed E-state index contributed by atoms with van der Waals surface area (Å²) in [5.41, 5.74) is 1.02. The minimum atomic E-state index is -3.78. The van der Waals surface area contributed by atoms with Gasteiger partial charge in [0.05, 0.1) is 30.1 Å². The van der Waals surface area contributed by atoms with Gasteiger partial charge in [0.2, 0.25) is 15.9 Å². The van der Waals surface area contributed by atoms with Crippen molar-refractivity contribution in [2.75, 3.05) is 32.8 Å². The van der Waals surface area contributed by atoms with E-state index in [9.17, 15) is 17.6 Å². The molecule has 0 saturated carbocycles. The molecule has 0 N–H and O–H groups in total. The Kier molecular flexibility index (Phi) is 6.48. The Balaban J connectivity index is 1.32. The van der Waals surface area contributed by atoms with Crippen molar-refractivity contribution >= 4 is 15.9 Å². The average molecular weight is 489 g/mol. The Labute approximate surface area is 199 Å². The van der Waals surface area contributed by atoms with Gasteiger partial charge >= 0.3 is 0 Å². The number of hydrogen-bond donors (Lipinski definition) is 0. The van der Waals surface area contributed by atoms with Crippen LogP contribution < -0.4 is 9.47 Å². The van der Waals surface area contributed by atoms with Gasteiger partial charge in [0, 0.05) is 26.1 Å². The van der Waals surface area contributed by atoms with Crippen molar-refractivity contribution in [3.63, 3.8) is 0 Å². The first-order valence-corrected chi connectivity index (χ1v) is 13.3. The monoisotopic (exact) mass is 488 g/mol. The van der Waals surface area contributed by atoms with E-state index in [0.717, 1.165) is 42.7 Å². The highest BCUT2D eigenvalue weighted by atomic mass is 32.2. The quantitative estimate of drug-likeness (QED) is 0.655. The molecule has 182 valence electrons. The summed E-state index contributed by atoms with van der Waals surface area (Å²) in [6, 6.07) is 10.7. The van der Waals surface area contributed by atoms with E-state index in [1.165, 1.54) is 16.4 Å². The smallest absolute Gasteiger partial charge is 0.243 e. The molecule has 3 aliphatic heterocycles. The van der Waals surface area contributed by atoms with Gasteiger partial charge in [-0.2, -0.15) is 4.31 Å². The highest BCUT2D eigenvalue weighted by Crippen LogP contribution is 2.39. The Bertz CT molecular complexity index is 1150. The molecule has 7 nitrogen and oxygen atoms in total. The molecule has 2 aromatic carbocycles. The summed E-state index contributed by atoms with van der Waals surface area (Å²) in [6.07, 6.45) is 3.85. The van der Waals surface area contributed by atoms with Crippen LogP contribution in [0, 0.1) is 11.7 Å². The van der Waals surface area contributed by atoms with Crippen molar-refractivity contribution in [3.8, 4) is 11.5 Å². The van der Waals surface area contributed by atoms with Gasteiger partial charge < -0.3 is 14.4 Å². The van der Waals surface area contributed by atoms with Crippen LogP contribution in [0.1, 0.15) is 43.7 Å². The van der Waals surface area contributed by atoms with Crippen LogP contribution >= 0.6 is 0 Å². The minimum absolute atomic E-state index is 0.00591. The van der Waals surface area contributed by atoms with E-state index < -0.39 is 21.8 Å². The predicted octanol–water partition coefficient (Wildman–Crippen LogP) is 3.75. The summed E-state index contributed by atoms with van der Waals surface area (Å²) in [7, 11) is -3.78. The molecule has 0 spiro atoms. The van der Waals surface area contributed by atoms with Crippen molar-refractivity contribution in [2.45, 2.75) is 43.0 Å². The topological polar surface area (TPSA) is 76.2 Å². The maximum Gasteiger partial charge on any atom is 0.243 e. The first-order chi connectivity index (χ1) is 16.4. The second-order valence-corrected chi connectivity index (χ2v) is 11.0. The maximum atomic E-state index is 13.6. The van der Waals surface area contributed by atoms with Crippen molar-refractivity contribution in [3.05, 3.63) is 53.8 Å². The molecule has 3 heterocycles. The van der Waals surface area contributed by atoms with E-state index in [1.807, 2.05) is 23.1 Å². The molecule has 34 heavy (non-hydrogen) atoms. The summed E-state index contributed by atoms with van der Waals surface area (Å²) >= 11 is 0. The second-order valence-electron chi connectivity index (χ2n) is 9.10. The van der Waals surface area contributed by atoms with Crippen LogP contribution in [0.15, 0.2) is 47.4 Å². The molecular weight excluding hydrogens is 459 g/mol. The zero-order valence-corrected chi connectivity index (χ0v) is 19.8. The van der Waals surface area contributed by atoms with Gasteiger partial charge in [0.25, 0.3) is 0 Å². The fourth-order valence-corrected chi connectivity index (χ4v) is 6.64. The van der Waals surface area contributed by atoms with Gasteiger partial charge in [-0.15, -0.1) is 0 Å². The molecule has 5 rings (SSSR count). The predicted molar refractivity (Wildman–Crippen MR) is 124 cm³/mol. The number of sulfonamides is 1. The van der Waals surface area contributed by atoms with Gasteiger partial charge in [-0.3, -0.25) is 4.79 Å². The van der Waals surface area contributed by atoms with Gasteiger partial charge in [0.1, 0.15) is 5.82 Å². The number of rotatable bonds is 4. The zero-order chi connectivity index (χ0) is 23.7. The van der Waals surface area contributed by atoms with Crippen LogP contribution in [0.4, 0.5) is 4.39 Å². The maximum absolute atomic E-state index is 13.6. The lowest BCUT2D eigenvalue weighted by atomic mass is 9.96. The number of likely N-dealkylation sites (tertiary alicyclic amines) is 1. The number of fused-ring (bicyclic) bond motifs is 1. The lowest BCUT2D eigenvalue weighted by Crippen LogP contribution is -2.46. The molecule has 2 fully saturated rings. The van der Waals surface area contributed by atoms with Crippen LogP contribution in [0.25, 0.3) is 0 Å². The van der Waals surface area contributed by atoms with E-state index >= 15 is 0 Å². The second kappa shape index (κ2) is 9.54. The standard InChI is InChI=1S/C25H29FN2O5S/c26-20-7-9-21(10-8-20)34(30,31)27-12-1-4-19(17-27)25(29)28-13-2-5-22(28)18-6-11-23-24(16-18)33-15-3-14-32-23/h6-11,16,19,22H,1-5,12-15,17H2/t19-,22-/m1/s1. The third-order valence-electron chi connectivity index (χ3n) is 6.88. The molecule has 0 bridgehead atoms. The van der Waals surface area contributed by atoms with Crippen molar-refractivity contribution in [1.29, 1.82) is 0 Å². The Morgan fingerprint density at radius 3 is 2.44 bits per heavy atom. The van der Waals surface area contributed by atoms with Crippen LogP contribution in [0.3, 0.4) is 0 Å². The Hall–Kier alpha value is -2.65. The normalized spacial score (nSPS) is 23.5. The van der Waals surface area contributed by atoms with E-state index in [-0.39, 0.29) is 23.4 Å². The van der Waals surface area contributed by atoms with Crippen LogP contribution in [-0.4, -0.2) is 56.4 Å². The van der Waals surface area contributed by atoms with E-state index in [1.54, 1.807) is 0 Å². The molecule has 2 saturated heterocycles. The minimum Gasteiger partial charge on any atom is -0.490 e.